The van der Waals surface area contributed by atoms with E-state index in [4.69, 9.17) is 4.99 Å². The Balaban J connectivity index is 0.931. The van der Waals surface area contributed by atoms with Crippen LogP contribution in [0.2, 0.25) is 0 Å². The average Bonchev–Trinajstić information content (AvgIpc) is 3.74. The fourth-order valence-corrected chi connectivity index (χ4v) is 11.8. The molecule has 11 rings (SSSR count). The zero-order chi connectivity index (χ0) is 42.5. The molecule has 0 amide bonds. The van der Waals surface area contributed by atoms with Crippen LogP contribution < -0.4 is 0 Å². The fourth-order valence-electron chi connectivity index (χ4n) is 11.8. The number of hydrogen-bond donors (Lipinski definition) is 0. The summed E-state index contributed by atoms with van der Waals surface area (Å²) >= 11 is 0. The molecular formula is C62H49N. The van der Waals surface area contributed by atoms with Crippen molar-refractivity contribution in [1.82, 2.24) is 0 Å². The predicted octanol–water partition coefficient (Wildman–Crippen LogP) is 14.3. The lowest BCUT2D eigenvalue weighted by Crippen LogP contribution is -2.37. The van der Waals surface area contributed by atoms with E-state index in [2.05, 4.69) is 207 Å². The topological polar surface area (TPSA) is 12.4 Å². The molecule has 7 aliphatic carbocycles. The van der Waals surface area contributed by atoms with E-state index < -0.39 is 0 Å². The van der Waals surface area contributed by atoms with Gasteiger partial charge < -0.3 is 0 Å². The third-order valence-electron chi connectivity index (χ3n) is 14.6. The van der Waals surface area contributed by atoms with Crippen LogP contribution in [0.15, 0.2) is 245 Å². The van der Waals surface area contributed by atoms with Crippen LogP contribution in [0.5, 0.6) is 0 Å². The minimum atomic E-state index is -0.182. The maximum Gasteiger partial charge on any atom is 0.0712 e. The van der Waals surface area contributed by atoms with Crippen molar-refractivity contribution in [2.75, 3.05) is 0 Å². The van der Waals surface area contributed by atoms with Gasteiger partial charge in [0, 0.05) is 28.0 Å². The molecule has 0 saturated heterocycles. The maximum atomic E-state index is 5.43. The van der Waals surface area contributed by atoms with Crippen LogP contribution in [0.25, 0.3) is 16.8 Å². The van der Waals surface area contributed by atoms with Crippen LogP contribution in [0.4, 0.5) is 0 Å². The second-order valence-electron chi connectivity index (χ2n) is 17.8. The highest BCUT2D eigenvalue weighted by atomic mass is 14.8. The van der Waals surface area contributed by atoms with Gasteiger partial charge in [-0.05, 0) is 141 Å². The molecule has 1 nitrogen and oxygen atoms in total. The standard InChI is InChI=1S/C62H49N/c1-4-5-17-41(2)43-30-34-46(35-31-43)54-40-60(63-59(38-42(54)3)47-18-7-6-8-19-47)49-21-15-20-48(39-49)44-32-36-45(37-33-44)50-25-16-29-58-61(50)53-24-11-14-28-57(53)62(58)55-26-12-9-22-51(55)52-23-10-13-27-56(52)62/h4,6-12,14-16,18-26,28-30,32,34,36,38-40,42,53,57-58,61H,1-2,31,33,35,37H2,3H3/t42?,53?,57-,58?,61?,62?/m0/s1. The summed E-state index contributed by atoms with van der Waals surface area (Å²) in [4.78, 5) is 5.43. The summed E-state index contributed by atoms with van der Waals surface area (Å²) in [7, 11) is 0. The van der Waals surface area contributed by atoms with Crippen molar-refractivity contribution in [2.45, 2.75) is 38.0 Å². The lowest BCUT2D eigenvalue weighted by atomic mass is 9.62. The number of aliphatic imine (C=N–C) groups is 1. The minimum Gasteiger partial charge on any atom is -0.248 e. The SMILES string of the molecule is C=CC#CC(=C)C1=CC=C(C2=CC(c3cccc(C4=CC=C(C5=CC=CC6C5C5C=CC=C[C@@H]5C65C6=C=C=CC=C6c6ccccc65)CC4)c3)=NC(c3ccccc3)=CC2C)CC1. The first kappa shape index (κ1) is 38.7. The van der Waals surface area contributed by atoms with E-state index in [1.807, 2.05) is 6.08 Å². The number of allylic oxidation sites excluding steroid dienone is 25. The van der Waals surface area contributed by atoms with Gasteiger partial charge in [-0.1, -0.05) is 189 Å². The molecule has 1 heteroatoms. The molecule has 0 radical (unpaired) electrons. The second-order valence-corrected chi connectivity index (χ2v) is 17.8. The second kappa shape index (κ2) is 15.9. The van der Waals surface area contributed by atoms with Crippen molar-refractivity contribution in [1.29, 1.82) is 0 Å². The molecule has 1 aliphatic heterocycles. The molecule has 5 unspecified atom stereocenters. The van der Waals surface area contributed by atoms with Crippen LogP contribution >= 0.6 is 0 Å². The van der Waals surface area contributed by atoms with Crippen molar-refractivity contribution in [2.24, 2.45) is 34.6 Å². The normalized spacial score (nSPS) is 26.9. The number of fused-ring (bicyclic) bond motifs is 10. The minimum absolute atomic E-state index is 0.182. The zero-order valence-electron chi connectivity index (χ0n) is 35.8. The number of benzene rings is 3. The number of hydrogen-bond acceptors (Lipinski definition) is 1. The molecule has 1 spiro atoms. The van der Waals surface area contributed by atoms with E-state index in [0.717, 1.165) is 53.8 Å². The quantitative estimate of drug-likeness (QED) is 0.174. The molecule has 1 heterocycles. The predicted molar refractivity (Wildman–Crippen MR) is 263 cm³/mol. The Labute approximate surface area is 372 Å². The first-order valence-corrected chi connectivity index (χ1v) is 22.6. The Morgan fingerprint density at radius 1 is 0.746 bits per heavy atom. The van der Waals surface area contributed by atoms with Crippen LogP contribution in [-0.4, -0.2) is 5.71 Å². The van der Waals surface area contributed by atoms with E-state index in [0.29, 0.717) is 23.7 Å². The molecule has 63 heavy (non-hydrogen) atoms. The highest BCUT2D eigenvalue weighted by Gasteiger charge is 2.65. The molecular weight excluding hydrogens is 759 g/mol. The van der Waals surface area contributed by atoms with Crippen molar-refractivity contribution >= 4 is 22.6 Å². The van der Waals surface area contributed by atoms with Crippen LogP contribution in [0.3, 0.4) is 0 Å². The monoisotopic (exact) mass is 807 g/mol. The lowest BCUT2D eigenvalue weighted by molar-refractivity contribution is 0.369. The zero-order valence-corrected chi connectivity index (χ0v) is 35.8. The van der Waals surface area contributed by atoms with Crippen LogP contribution in [0, 0.1) is 41.4 Å². The Morgan fingerprint density at radius 3 is 2.33 bits per heavy atom. The van der Waals surface area contributed by atoms with Gasteiger partial charge in [0.2, 0.25) is 0 Å². The van der Waals surface area contributed by atoms with Crippen LogP contribution in [-0.2, 0) is 5.41 Å². The highest BCUT2D eigenvalue weighted by molar-refractivity contribution is 6.12. The highest BCUT2D eigenvalue weighted by Crippen LogP contribution is 2.69. The molecule has 302 valence electrons. The Hall–Kier alpha value is -7.19. The van der Waals surface area contributed by atoms with Gasteiger partial charge in [0.15, 0.2) is 0 Å². The van der Waals surface area contributed by atoms with Gasteiger partial charge in [-0.2, -0.15) is 0 Å². The molecule has 6 atom stereocenters. The number of nitrogens with zero attached hydrogens (tertiary/aromatic N) is 1. The van der Waals surface area contributed by atoms with Crippen LogP contribution in [0.1, 0.15) is 60.4 Å². The molecule has 1 fully saturated rings. The third-order valence-corrected chi connectivity index (χ3v) is 14.6. The van der Waals surface area contributed by atoms with E-state index in [-0.39, 0.29) is 11.3 Å². The van der Waals surface area contributed by atoms with Gasteiger partial charge in [0.05, 0.1) is 11.4 Å². The average molecular weight is 808 g/mol. The van der Waals surface area contributed by atoms with Crippen molar-refractivity contribution in [3.8, 4) is 11.8 Å². The van der Waals surface area contributed by atoms with Gasteiger partial charge in [0.1, 0.15) is 0 Å². The van der Waals surface area contributed by atoms with Crippen molar-refractivity contribution in [3.05, 3.63) is 268 Å². The van der Waals surface area contributed by atoms with E-state index in [1.54, 1.807) is 6.08 Å². The first-order chi connectivity index (χ1) is 31.0. The summed E-state index contributed by atoms with van der Waals surface area (Å²) in [6.07, 6.45) is 40.6. The lowest BCUT2D eigenvalue weighted by Gasteiger charge is -2.39. The molecule has 0 aromatic heterocycles. The van der Waals surface area contributed by atoms with Gasteiger partial charge >= 0.3 is 0 Å². The van der Waals surface area contributed by atoms with Gasteiger partial charge in [-0.25, -0.2) is 4.99 Å². The molecule has 0 N–H and O–H groups in total. The van der Waals surface area contributed by atoms with E-state index >= 15 is 0 Å². The smallest absolute Gasteiger partial charge is 0.0712 e. The Bertz CT molecular complexity index is 3080. The number of rotatable bonds is 6. The Kier molecular flexibility index (Phi) is 9.79. The summed E-state index contributed by atoms with van der Waals surface area (Å²) < 4.78 is 0. The fraction of sp³-hybridized carbons (Fsp3) is 0.177. The summed E-state index contributed by atoms with van der Waals surface area (Å²) in [5.41, 5.74) is 26.9. The molecule has 0 bridgehead atoms. The van der Waals surface area contributed by atoms with E-state index in [1.165, 1.54) is 61.3 Å². The van der Waals surface area contributed by atoms with E-state index in [9.17, 15) is 0 Å². The van der Waals surface area contributed by atoms with Gasteiger partial charge in [-0.15, -0.1) is 0 Å². The molecule has 1 saturated carbocycles. The van der Waals surface area contributed by atoms with Gasteiger partial charge in [-0.3, -0.25) is 0 Å². The largest absolute Gasteiger partial charge is 0.248 e. The third kappa shape index (κ3) is 6.46. The molecule has 3 aromatic rings. The summed E-state index contributed by atoms with van der Waals surface area (Å²) in [6, 6.07) is 28.8. The molecule has 8 aliphatic rings. The van der Waals surface area contributed by atoms with Crippen molar-refractivity contribution in [3.63, 3.8) is 0 Å². The van der Waals surface area contributed by atoms with Crippen molar-refractivity contribution < 1.29 is 0 Å². The summed E-state index contributed by atoms with van der Waals surface area (Å²) in [5, 5.41) is 0. The maximum absolute atomic E-state index is 5.43. The first-order valence-electron chi connectivity index (χ1n) is 22.6. The molecule has 3 aromatic carbocycles. The van der Waals surface area contributed by atoms with Gasteiger partial charge in [0.25, 0.3) is 0 Å². The summed E-state index contributed by atoms with van der Waals surface area (Å²) in [5.74, 6) is 7.68. The summed E-state index contributed by atoms with van der Waals surface area (Å²) in [6.45, 7) is 10.3. The Morgan fingerprint density at radius 2 is 1.49 bits per heavy atom.